The SMILES string of the molecule is NC1=CCC(N)([C@@]2(O)O[C@H](CO)[C@@H](O)[C@H](O)[C@H]2O)C=C1. The second-order valence-corrected chi connectivity index (χ2v) is 5.24. The van der Waals surface area contributed by atoms with Gasteiger partial charge in [0.1, 0.15) is 24.4 Å². The van der Waals surface area contributed by atoms with Crippen LogP contribution in [0.1, 0.15) is 6.42 Å². The summed E-state index contributed by atoms with van der Waals surface area (Å²) in [5, 5.41) is 49.2. The quantitative estimate of drug-likeness (QED) is 0.277. The molecule has 2 aliphatic rings. The van der Waals surface area contributed by atoms with Crippen molar-refractivity contribution in [3.05, 3.63) is 23.9 Å². The summed E-state index contributed by atoms with van der Waals surface area (Å²) in [5.74, 6) is -2.37. The Morgan fingerprint density at radius 2 is 1.95 bits per heavy atom. The Kier molecular flexibility index (Phi) is 3.91. The molecule has 0 aromatic rings. The molecule has 1 saturated heterocycles. The van der Waals surface area contributed by atoms with Crippen LogP contribution in [0.5, 0.6) is 0 Å². The van der Waals surface area contributed by atoms with Crippen molar-refractivity contribution in [1.29, 1.82) is 0 Å². The number of hydrogen-bond donors (Lipinski definition) is 7. The third-order valence-corrected chi connectivity index (χ3v) is 3.88. The lowest BCUT2D eigenvalue weighted by molar-refractivity contribution is -0.366. The summed E-state index contributed by atoms with van der Waals surface area (Å²) in [6, 6.07) is 0. The van der Waals surface area contributed by atoms with Gasteiger partial charge in [-0.15, -0.1) is 0 Å². The van der Waals surface area contributed by atoms with Gasteiger partial charge in [0.15, 0.2) is 0 Å². The number of ether oxygens (including phenoxy) is 1. The number of aliphatic hydroxyl groups is 5. The van der Waals surface area contributed by atoms with Gasteiger partial charge in [-0.25, -0.2) is 0 Å². The van der Waals surface area contributed by atoms with Gasteiger partial charge < -0.3 is 41.7 Å². The zero-order chi connectivity index (χ0) is 15.1. The van der Waals surface area contributed by atoms with Crippen molar-refractivity contribution in [3.8, 4) is 0 Å². The van der Waals surface area contributed by atoms with E-state index >= 15 is 0 Å². The Morgan fingerprint density at radius 3 is 2.45 bits per heavy atom. The summed E-state index contributed by atoms with van der Waals surface area (Å²) < 4.78 is 5.19. The minimum atomic E-state index is -2.37. The van der Waals surface area contributed by atoms with Crippen LogP contribution in [0.25, 0.3) is 0 Å². The summed E-state index contributed by atoms with van der Waals surface area (Å²) in [6.45, 7) is -0.648. The average molecular weight is 288 g/mol. The molecule has 0 radical (unpaired) electrons. The molecule has 2 rings (SSSR count). The first-order valence-corrected chi connectivity index (χ1v) is 6.24. The molecule has 1 unspecified atom stereocenters. The zero-order valence-electron chi connectivity index (χ0n) is 10.8. The van der Waals surface area contributed by atoms with Crippen LogP contribution >= 0.6 is 0 Å². The number of allylic oxidation sites excluding steroid dienone is 1. The summed E-state index contributed by atoms with van der Waals surface area (Å²) >= 11 is 0. The fraction of sp³-hybridized carbons (Fsp3) is 0.667. The minimum Gasteiger partial charge on any atom is -0.399 e. The molecule has 0 aromatic carbocycles. The van der Waals surface area contributed by atoms with Crippen LogP contribution in [0.3, 0.4) is 0 Å². The molecule has 1 aliphatic heterocycles. The molecule has 114 valence electrons. The van der Waals surface area contributed by atoms with Gasteiger partial charge in [0.05, 0.1) is 12.1 Å². The van der Waals surface area contributed by atoms with Gasteiger partial charge in [-0.3, -0.25) is 0 Å². The minimum absolute atomic E-state index is 0.0594. The van der Waals surface area contributed by atoms with Crippen LogP contribution in [0.15, 0.2) is 23.9 Å². The largest absolute Gasteiger partial charge is 0.399 e. The van der Waals surface area contributed by atoms with Crippen LogP contribution in [0.2, 0.25) is 0 Å². The van der Waals surface area contributed by atoms with Gasteiger partial charge in [0.2, 0.25) is 5.79 Å². The van der Waals surface area contributed by atoms with Crippen LogP contribution in [0, 0.1) is 0 Å². The topological polar surface area (TPSA) is 162 Å². The highest BCUT2D eigenvalue weighted by Gasteiger charge is 2.61. The van der Waals surface area contributed by atoms with E-state index in [4.69, 9.17) is 21.3 Å². The van der Waals surface area contributed by atoms with Crippen molar-refractivity contribution in [2.24, 2.45) is 11.5 Å². The van der Waals surface area contributed by atoms with Gasteiger partial charge >= 0.3 is 0 Å². The molecule has 8 nitrogen and oxygen atoms in total. The maximum atomic E-state index is 10.6. The Morgan fingerprint density at radius 1 is 1.30 bits per heavy atom. The lowest BCUT2D eigenvalue weighted by Crippen LogP contribution is -2.75. The molecule has 8 heteroatoms. The molecule has 0 amide bonds. The van der Waals surface area contributed by atoms with E-state index < -0.39 is 42.3 Å². The predicted molar refractivity (Wildman–Crippen MR) is 67.9 cm³/mol. The normalized spacial score (nSPS) is 49.0. The fourth-order valence-electron chi connectivity index (χ4n) is 2.47. The number of rotatable bonds is 2. The van der Waals surface area contributed by atoms with Crippen molar-refractivity contribution < 1.29 is 30.3 Å². The summed E-state index contributed by atoms with van der Waals surface area (Å²) in [5.41, 5.74) is 10.5. The monoisotopic (exact) mass is 288 g/mol. The first-order valence-electron chi connectivity index (χ1n) is 6.24. The molecular formula is C12H20N2O6. The molecule has 0 aromatic heterocycles. The standard InChI is InChI=1S/C12H20N2O6/c13-6-1-3-11(14,4-2-6)12(19)10(18)9(17)8(16)7(5-15)20-12/h1-3,7-10,15-19H,4-5,13-14H2/t7-,8-,9+,10-,11?,12+/m1/s1. The fourth-order valence-corrected chi connectivity index (χ4v) is 2.47. The Labute approximate surface area is 115 Å². The van der Waals surface area contributed by atoms with Crippen molar-refractivity contribution in [2.45, 2.75) is 42.2 Å². The first-order chi connectivity index (χ1) is 9.25. The van der Waals surface area contributed by atoms with Crippen LogP contribution < -0.4 is 11.5 Å². The van der Waals surface area contributed by atoms with E-state index in [0.29, 0.717) is 5.70 Å². The van der Waals surface area contributed by atoms with E-state index in [1.54, 1.807) is 6.08 Å². The lowest BCUT2D eigenvalue weighted by Gasteiger charge is -2.52. The Hall–Kier alpha value is -1.00. The highest BCUT2D eigenvalue weighted by Crippen LogP contribution is 2.39. The molecule has 1 heterocycles. The van der Waals surface area contributed by atoms with Crippen molar-refractivity contribution in [1.82, 2.24) is 0 Å². The van der Waals surface area contributed by atoms with Crippen LogP contribution in [-0.4, -0.2) is 67.9 Å². The highest BCUT2D eigenvalue weighted by atomic mass is 16.7. The lowest BCUT2D eigenvalue weighted by atomic mass is 9.76. The van der Waals surface area contributed by atoms with Gasteiger partial charge in [0, 0.05) is 5.70 Å². The van der Waals surface area contributed by atoms with Crippen molar-refractivity contribution >= 4 is 0 Å². The third kappa shape index (κ3) is 2.15. The third-order valence-electron chi connectivity index (χ3n) is 3.88. The molecule has 20 heavy (non-hydrogen) atoms. The first kappa shape index (κ1) is 15.4. The highest BCUT2D eigenvalue weighted by molar-refractivity contribution is 5.31. The van der Waals surface area contributed by atoms with E-state index in [-0.39, 0.29) is 6.42 Å². The number of aliphatic hydroxyl groups excluding tert-OH is 4. The maximum Gasteiger partial charge on any atom is 0.217 e. The molecule has 0 spiro atoms. The smallest absolute Gasteiger partial charge is 0.217 e. The Bertz CT molecular complexity index is 440. The van der Waals surface area contributed by atoms with E-state index in [2.05, 4.69) is 0 Å². The predicted octanol–water partition coefficient (Wildman–Crippen LogP) is -3.35. The summed E-state index contributed by atoms with van der Waals surface area (Å²) in [6.07, 6.45) is -1.94. The molecule has 0 saturated carbocycles. The van der Waals surface area contributed by atoms with Gasteiger partial charge in [-0.05, 0) is 12.5 Å². The van der Waals surface area contributed by atoms with Crippen LogP contribution in [0.4, 0.5) is 0 Å². The van der Waals surface area contributed by atoms with Crippen LogP contribution in [-0.2, 0) is 4.74 Å². The second kappa shape index (κ2) is 5.08. The van der Waals surface area contributed by atoms with Gasteiger partial charge in [-0.1, -0.05) is 12.2 Å². The average Bonchev–Trinajstić information content (AvgIpc) is 2.44. The molecular weight excluding hydrogens is 268 g/mol. The van der Waals surface area contributed by atoms with Crippen molar-refractivity contribution in [2.75, 3.05) is 6.61 Å². The second-order valence-electron chi connectivity index (χ2n) is 5.24. The summed E-state index contributed by atoms with van der Waals surface area (Å²) in [4.78, 5) is 0. The van der Waals surface area contributed by atoms with E-state index in [1.165, 1.54) is 12.2 Å². The maximum absolute atomic E-state index is 10.6. The number of nitrogens with two attached hydrogens (primary N) is 2. The van der Waals surface area contributed by atoms with E-state index in [9.17, 15) is 20.4 Å². The van der Waals surface area contributed by atoms with Crippen molar-refractivity contribution in [3.63, 3.8) is 0 Å². The van der Waals surface area contributed by atoms with E-state index in [1.807, 2.05) is 0 Å². The molecule has 0 bridgehead atoms. The molecule has 6 atom stereocenters. The summed E-state index contributed by atoms with van der Waals surface area (Å²) in [7, 11) is 0. The Balaban J connectivity index is 2.35. The molecule has 9 N–H and O–H groups in total. The van der Waals surface area contributed by atoms with Gasteiger partial charge in [-0.2, -0.15) is 0 Å². The van der Waals surface area contributed by atoms with E-state index in [0.717, 1.165) is 0 Å². The zero-order valence-corrected chi connectivity index (χ0v) is 10.8. The number of hydrogen-bond acceptors (Lipinski definition) is 8. The molecule has 1 aliphatic carbocycles. The van der Waals surface area contributed by atoms with Gasteiger partial charge in [0.25, 0.3) is 0 Å². The molecule has 1 fully saturated rings.